The average Bonchev–Trinajstić information content (AvgIpc) is 2.47. The normalized spacial score (nSPS) is 30.6. The number of hydrogen-bond donors (Lipinski definition) is 1. The van der Waals surface area contributed by atoms with Crippen molar-refractivity contribution in [3.8, 4) is 0 Å². The van der Waals surface area contributed by atoms with Gasteiger partial charge in [-0.3, -0.25) is 4.79 Å². The van der Waals surface area contributed by atoms with Crippen LogP contribution in [0.4, 0.5) is 0 Å². The summed E-state index contributed by atoms with van der Waals surface area (Å²) in [5.41, 5.74) is 2.69. The second-order valence-corrected chi connectivity index (χ2v) is 5.48. The zero-order chi connectivity index (χ0) is 13.8. The summed E-state index contributed by atoms with van der Waals surface area (Å²) in [6.07, 6.45) is 10.1. The van der Waals surface area contributed by atoms with Crippen molar-refractivity contribution in [2.24, 2.45) is 5.92 Å². The standard InChI is InChI=1S/C16H24N2O/c1-4-16(19)18-10-12(2)14-9-7-5-6-8-13(3)17-15(14)11-18/h5-8,12-13,17H,4,9-11H2,1-3H3/b7-5-,8-6-/t12-,13?/m0/s1. The average molecular weight is 260 g/mol. The minimum absolute atomic E-state index is 0.249. The van der Waals surface area contributed by atoms with Crippen molar-refractivity contribution in [3.63, 3.8) is 0 Å². The molecular weight excluding hydrogens is 236 g/mol. The lowest BCUT2D eigenvalue weighted by molar-refractivity contribution is -0.131. The van der Waals surface area contributed by atoms with Crippen molar-refractivity contribution in [1.29, 1.82) is 0 Å². The molecule has 0 radical (unpaired) electrons. The highest BCUT2D eigenvalue weighted by Gasteiger charge is 2.27. The molecule has 0 aromatic carbocycles. The van der Waals surface area contributed by atoms with Gasteiger partial charge >= 0.3 is 0 Å². The van der Waals surface area contributed by atoms with E-state index in [0.717, 1.165) is 19.5 Å². The molecule has 2 heterocycles. The minimum Gasteiger partial charge on any atom is -0.381 e. The number of rotatable bonds is 1. The molecule has 0 bridgehead atoms. The van der Waals surface area contributed by atoms with Gasteiger partial charge in [0.1, 0.15) is 0 Å². The zero-order valence-electron chi connectivity index (χ0n) is 12.1. The molecule has 104 valence electrons. The van der Waals surface area contributed by atoms with E-state index in [1.807, 2.05) is 11.8 Å². The number of nitrogens with one attached hydrogen (secondary N) is 1. The van der Waals surface area contributed by atoms with E-state index in [4.69, 9.17) is 0 Å². The van der Waals surface area contributed by atoms with Crippen molar-refractivity contribution in [2.45, 2.75) is 39.7 Å². The van der Waals surface area contributed by atoms with Gasteiger partial charge in [-0.2, -0.15) is 0 Å². The molecule has 3 heteroatoms. The van der Waals surface area contributed by atoms with Crippen LogP contribution in [0.5, 0.6) is 0 Å². The number of amides is 1. The highest BCUT2D eigenvalue weighted by molar-refractivity contribution is 5.76. The molecule has 0 aromatic heterocycles. The molecule has 0 aliphatic carbocycles. The maximum atomic E-state index is 11.9. The summed E-state index contributed by atoms with van der Waals surface area (Å²) in [5, 5.41) is 3.56. The summed E-state index contributed by atoms with van der Waals surface area (Å²) in [7, 11) is 0. The first-order valence-corrected chi connectivity index (χ1v) is 7.21. The fraction of sp³-hybridized carbons (Fsp3) is 0.562. The highest BCUT2D eigenvalue weighted by atomic mass is 16.2. The summed E-state index contributed by atoms with van der Waals surface area (Å²) in [4.78, 5) is 13.9. The van der Waals surface area contributed by atoms with Crippen LogP contribution < -0.4 is 5.32 Å². The van der Waals surface area contributed by atoms with E-state index < -0.39 is 0 Å². The molecule has 2 rings (SSSR count). The lowest BCUT2D eigenvalue weighted by atomic mass is 9.91. The number of carbonyl (C=O) groups excluding carboxylic acids is 1. The predicted molar refractivity (Wildman–Crippen MR) is 78.6 cm³/mol. The molecule has 1 amide bonds. The molecule has 0 spiro atoms. The van der Waals surface area contributed by atoms with Gasteiger partial charge in [0, 0.05) is 24.7 Å². The third-order valence-electron chi connectivity index (χ3n) is 3.87. The van der Waals surface area contributed by atoms with Gasteiger partial charge in [-0.1, -0.05) is 38.2 Å². The fourth-order valence-electron chi connectivity index (χ4n) is 2.80. The number of nitrogens with zero attached hydrogens (tertiary/aromatic N) is 1. The van der Waals surface area contributed by atoms with Crippen LogP contribution in [0.1, 0.15) is 33.6 Å². The Hall–Kier alpha value is -1.51. The molecule has 2 aliphatic rings. The number of allylic oxidation sites excluding steroid dienone is 3. The van der Waals surface area contributed by atoms with Gasteiger partial charge < -0.3 is 10.2 Å². The Morgan fingerprint density at radius 2 is 2.21 bits per heavy atom. The molecule has 2 atom stereocenters. The van der Waals surface area contributed by atoms with E-state index in [-0.39, 0.29) is 5.91 Å². The first-order chi connectivity index (χ1) is 9.11. The van der Waals surface area contributed by atoms with E-state index in [1.54, 1.807) is 0 Å². The Morgan fingerprint density at radius 1 is 1.42 bits per heavy atom. The topological polar surface area (TPSA) is 32.3 Å². The molecule has 19 heavy (non-hydrogen) atoms. The molecule has 0 fully saturated rings. The number of hydrogen-bond acceptors (Lipinski definition) is 2. The van der Waals surface area contributed by atoms with Gasteiger partial charge in [-0.15, -0.1) is 0 Å². The van der Waals surface area contributed by atoms with Gasteiger partial charge in [0.15, 0.2) is 0 Å². The second-order valence-electron chi connectivity index (χ2n) is 5.48. The van der Waals surface area contributed by atoms with E-state index >= 15 is 0 Å². The lowest BCUT2D eigenvalue weighted by Crippen LogP contribution is -2.44. The third-order valence-corrected chi connectivity index (χ3v) is 3.87. The van der Waals surface area contributed by atoms with Gasteiger partial charge in [0.2, 0.25) is 5.91 Å². The van der Waals surface area contributed by atoms with Crippen LogP contribution in [0.15, 0.2) is 35.6 Å². The Morgan fingerprint density at radius 3 is 2.95 bits per heavy atom. The van der Waals surface area contributed by atoms with Crippen LogP contribution in [-0.4, -0.2) is 29.9 Å². The summed E-state index contributed by atoms with van der Waals surface area (Å²) in [6, 6.07) is 0.302. The molecule has 0 saturated heterocycles. The Kier molecular flexibility index (Phi) is 4.46. The number of carbonyl (C=O) groups is 1. The first kappa shape index (κ1) is 13.9. The van der Waals surface area contributed by atoms with Crippen molar-refractivity contribution < 1.29 is 4.79 Å². The minimum atomic E-state index is 0.249. The Labute approximate surface area is 116 Å². The predicted octanol–water partition coefficient (Wildman–Crippen LogP) is 2.62. The van der Waals surface area contributed by atoms with Crippen LogP contribution in [-0.2, 0) is 4.79 Å². The van der Waals surface area contributed by atoms with Crippen molar-refractivity contribution in [2.75, 3.05) is 13.1 Å². The van der Waals surface area contributed by atoms with Crippen molar-refractivity contribution in [3.05, 3.63) is 35.6 Å². The summed E-state index contributed by atoms with van der Waals surface area (Å²) >= 11 is 0. The van der Waals surface area contributed by atoms with E-state index in [1.165, 1.54) is 11.3 Å². The lowest BCUT2D eigenvalue weighted by Gasteiger charge is -2.36. The largest absolute Gasteiger partial charge is 0.381 e. The summed E-state index contributed by atoms with van der Waals surface area (Å²) < 4.78 is 0. The molecule has 1 unspecified atom stereocenters. The Balaban J connectivity index is 2.25. The zero-order valence-corrected chi connectivity index (χ0v) is 12.1. The van der Waals surface area contributed by atoms with Gasteiger partial charge in [-0.25, -0.2) is 0 Å². The first-order valence-electron chi connectivity index (χ1n) is 7.21. The molecule has 0 aromatic rings. The molecule has 0 saturated carbocycles. The molecular formula is C16H24N2O. The molecule has 2 aliphatic heterocycles. The van der Waals surface area contributed by atoms with Crippen molar-refractivity contribution >= 4 is 5.91 Å². The highest BCUT2D eigenvalue weighted by Crippen LogP contribution is 2.26. The van der Waals surface area contributed by atoms with Crippen LogP contribution >= 0.6 is 0 Å². The fourth-order valence-corrected chi connectivity index (χ4v) is 2.80. The second kappa shape index (κ2) is 6.09. The van der Waals surface area contributed by atoms with Crippen LogP contribution in [0.25, 0.3) is 0 Å². The van der Waals surface area contributed by atoms with Gasteiger partial charge in [-0.05, 0) is 24.8 Å². The smallest absolute Gasteiger partial charge is 0.222 e. The van der Waals surface area contributed by atoms with E-state index in [0.29, 0.717) is 18.4 Å². The van der Waals surface area contributed by atoms with Crippen molar-refractivity contribution in [1.82, 2.24) is 10.2 Å². The van der Waals surface area contributed by atoms with Crippen LogP contribution in [0, 0.1) is 5.92 Å². The molecule has 1 N–H and O–H groups in total. The molecule has 3 nitrogen and oxygen atoms in total. The maximum Gasteiger partial charge on any atom is 0.222 e. The maximum absolute atomic E-state index is 11.9. The van der Waals surface area contributed by atoms with Crippen LogP contribution in [0.2, 0.25) is 0 Å². The Bertz CT molecular complexity index is 434. The summed E-state index contributed by atoms with van der Waals surface area (Å²) in [6.45, 7) is 7.88. The third kappa shape index (κ3) is 3.28. The van der Waals surface area contributed by atoms with E-state index in [9.17, 15) is 4.79 Å². The van der Waals surface area contributed by atoms with Gasteiger partial charge in [0.25, 0.3) is 0 Å². The summed E-state index contributed by atoms with van der Waals surface area (Å²) in [5.74, 6) is 0.681. The van der Waals surface area contributed by atoms with Crippen LogP contribution in [0.3, 0.4) is 0 Å². The van der Waals surface area contributed by atoms with Gasteiger partial charge in [0.05, 0.1) is 6.54 Å². The quantitative estimate of drug-likeness (QED) is 0.786. The SMILES string of the molecule is CCC(=O)N1CC2=C(C/C=C\C=C/C(C)N2)[C@@H](C)C1. The van der Waals surface area contributed by atoms with E-state index in [2.05, 4.69) is 43.5 Å². The monoisotopic (exact) mass is 260 g/mol.